The van der Waals surface area contributed by atoms with E-state index in [1.165, 1.54) is 0 Å². The van der Waals surface area contributed by atoms with Gasteiger partial charge in [0.1, 0.15) is 5.54 Å². The molecule has 0 saturated heterocycles. The molecular weight excluding hydrogens is 274 g/mol. The Kier molecular flexibility index (Phi) is 4.81. The Hall–Kier alpha value is -0.850. The van der Waals surface area contributed by atoms with E-state index >= 15 is 0 Å². The molecule has 0 aromatic carbocycles. The van der Waals surface area contributed by atoms with Crippen molar-refractivity contribution < 1.29 is 24.2 Å². The third-order valence-electron chi connectivity index (χ3n) is 3.88. The van der Waals surface area contributed by atoms with Crippen LogP contribution in [0.2, 0.25) is 0 Å². The molecule has 0 aliphatic heterocycles. The van der Waals surface area contributed by atoms with Crippen molar-refractivity contribution in [3.63, 3.8) is 0 Å². The van der Waals surface area contributed by atoms with Crippen LogP contribution in [0.4, 0.5) is 0 Å². The number of fused-ring (bicyclic) bond motifs is 1. The number of hydrogen-bond donors (Lipinski definition) is 2. The van der Waals surface area contributed by atoms with Gasteiger partial charge in [-0.3, -0.25) is 9.59 Å². The van der Waals surface area contributed by atoms with Crippen molar-refractivity contribution in [2.75, 3.05) is 13.2 Å². The Morgan fingerprint density at radius 2 is 1.89 bits per heavy atom. The predicted molar refractivity (Wildman–Crippen MR) is 68.5 cm³/mol. The van der Waals surface area contributed by atoms with E-state index in [9.17, 15) is 14.7 Å². The summed E-state index contributed by atoms with van der Waals surface area (Å²) in [5.41, 5.74) is 4.79. The molecule has 0 unspecified atom stereocenters. The smallest absolute Gasteiger partial charge is 0.326 e. The summed E-state index contributed by atoms with van der Waals surface area (Å²) in [5, 5.41) is 9.88. The Bertz CT molecular complexity index is 377. The maximum absolute atomic E-state index is 11.9. The molecule has 2 saturated carbocycles. The van der Waals surface area contributed by atoms with E-state index in [-0.39, 0.29) is 49.8 Å². The third-order valence-corrected chi connectivity index (χ3v) is 3.88. The fraction of sp³-hybridized carbons (Fsp3) is 0.833. The number of ether oxygens (including phenoxy) is 2. The SMILES string of the molecule is CCOC(=O)[C@H]1[C@H]2[C@@H]1[C@](N)(C(=O)OCC)C[C@@H]2O.Cl. The number of carbonyl (C=O) groups is 2. The van der Waals surface area contributed by atoms with E-state index in [4.69, 9.17) is 15.2 Å². The highest BCUT2D eigenvalue weighted by atomic mass is 35.5. The second-order valence-corrected chi connectivity index (χ2v) is 4.91. The normalized spacial score (nSPS) is 38.9. The number of halogens is 1. The van der Waals surface area contributed by atoms with Crippen LogP contribution in [0.25, 0.3) is 0 Å². The van der Waals surface area contributed by atoms with Crippen LogP contribution in [0.1, 0.15) is 20.3 Å². The van der Waals surface area contributed by atoms with E-state index in [0.29, 0.717) is 0 Å². The first-order chi connectivity index (χ1) is 8.47. The zero-order valence-electron chi connectivity index (χ0n) is 11.0. The lowest BCUT2D eigenvalue weighted by molar-refractivity contribution is -0.152. The molecule has 5 atom stereocenters. The maximum atomic E-state index is 11.9. The first-order valence-corrected chi connectivity index (χ1v) is 6.28. The van der Waals surface area contributed by atoms with Crippen molar-refractivity contribution in [2.24, 2.45) is 23.5 Å². The Balaban J connectivity index is 0.00000180. The van der Waals surface area contributed by atoms with Gasteiger partial charge in [0, 0.05) is 18.3 Å². The third kappa shape index (κ3) is 2.44. The van der Waals surface area contributed by atoms with Gasteiger partial charge in [-0.25, -0.2) is 0 Å². The first-order valence-electron chi connectivity index (χ1n) is 6.28. The van der Waals surface area contributed by atoms with Gasteiger partial charge in [0.15, 0.2) is 0 Å². The Morgan fingerprint density at radius 1 is 1.32 bits per heavy atom. The highest BCUT2D eigenvalue weighted by Gasteiger charge is 2.74. The molecule has 3 N–H and O–H groups in total. The van der Waals surface area contributed by atoms with Crippen molar-refractivity contribution >= 4 is 24.3 Å². The summed E-state index contributed by atoms with van der Waals surface area (Å²) in [5.74, 6) is -2.01. The lowest BCUT2D eigenvalue weighted by Gasteiger charge is -2.25. The fourth-order valence-corrected chi connectivity index (χ4v) is 3.12. The molecule has 19 heavy (non-hydrogen) atoms. The zero-order chi connectivity index (χ0) is 13.5. The van der Waals surface area contributed by atoms with Crippen LogP contribution in [0.15, 0.2) is 0 Å². The second-order valence-electron chi connectivity index (χ2n) is 4.91. The molecule has 2 aliphatic rings. The standard InChI is InChI=1S/C12H19NO5.ClH/c1-3-17-10(15)8-7-6(14)5-12(13,9(7)8)11(16)18-4-2;/h6-9,14H,3-5,13H2,1-2H3;1H/t6-,7-,8-,9-,12-;/m0./s1. The average Bonchev–Trinajstić information content (AvgIpc) is 2.99. The molecule has 0 aromatic rings. The minimum absolute atomic E-state index is 0. The molecule has 2 rings (SSSR count). The largest absolute Gasteiger partial charge is 0.466 e. The molecule has 110 valence electrons. The molecule has 0 heterocycles. The summed E-state index contributed by atoms with van der Waals surface area (Å²) < 4.78 is 9.86. The zero-order valence-corrected chi connectivity index (χ0v) is 11.8. The first kappa shape index (κ1) is 16.2. The highest BCUT2D eigenvalue weighted by molar-refractivity contribution is 5.87. The van der Waals surface area contributed by atoms with E-state index < -0.39 is 23.5 Å². The molecule has 7 heteroatoms. The van der Waals surface area contributed by atoms with Gasteiger partial charge < -0.3 is 20.3 Å². The molecule has 0 amide bonds. The number of esters is 2. The lowest BCUT2D eigenvalue weighted by Crippen LogP contribution is -2.51. The van der Waals surface area contributed by atoms with Crippen LogP contribution in [-0.2, 0) is 19.1 Å². The maximum Gasteiger partial charge on any atom is 0.326 e. The second kappa shape index (κ2) is 5.64. The van der Waals surface area contributed by atoms with Gasteiger partial charge in [-0.15, -0.1) is 12.4 Å². The van der Waals surface area contributed by atoms with Crippen molar-refractivity contribution in [2.45, 2.75) is 31.9 Å². The molecule has 0 radical (unpaired) electrons. The number of hydrogen-bond acceptors (Lipinski definition) is 6. The van der Waals surface area contributed by atoms with Gasteiger partial charge in [-0.1, -0.05) is 0 Å². The molecule has 0 bridgehead atoms. The van der Waals surface area contributed by atoms with Gasteiger partial charge in [-0.2, -0.15) is 0 Å². The molecule has 0 aromatic heterocycles. The van der Waals surface area contributed by atoms with E-state index in [2.05, 4.69) is 0 Å². The summed E-state index contributed by atoms with van der Waals surface area (Å²) in [4.78, 5) is 23.6. The summed E-state index contributed by atoms with van der Waals surface area (Å²) >= 11 is 0. The van der Waals surface area contributed by atoms with Crippen LogP contribution < -0.4 is 5.73 Å². The van der Waals surface area contributed by atoms with Crippen molar-refractivity contribution in [1.29, 1.82) is 0 Å². The number of aliphatic hydroxyl groups excluding tert-OH is 1. The van der Waals surface area contributed by atoms with Crippen molar-refractivity contribution in [3.8, 4) is 0 Å². The minimum Gasteiger partial charge on any atom is -0.466 e. The molecule has 0 spiro atoms. The summed E-state index contributed by atoms with van der Waals surface area (Å²) in [6, 6.07) is 0. The summed E-state index contributed by atoms with van der Waals surface area (Å²) in [6.07, 6.45) is -0.587. The van der Waals surface area contributed by atoms with Gasteiger partial charge in [0.05, 0.1) is 25.2 Å². The quantitative estimate of drug-likeness (QED) is 0.700. The van der Waals surface area contributed by atoms with Crippen LogP contribution in [0.5, 0.6) is 0 Å². The molecule has 2 fully saturated rings. The average molecular weight is 294 g/mol. The van der Waals surface area contributed by atoms with Crippen molar-refractivity contribution in [3.05, 3.63) is 0 Å². The topological polar surface area (TPSA) is 98.9 Å². The minimum atomic E-state index is -1.25. The van der Waals surface area contributed by atoms with Gasteiger partial charge in [0.25, 0.3) is 0 Å². The number of rotatable bonds is 4. The Morgan fingerprint density at radius 3 is 2.42 bits per heavy atom. The summed E-state index contributed by atoms with van der Waals surface area (Å²) in [6.45, 7) is 3.92. The van der Waals surface area contributed by atoms with Crippen LogP contribution in [-0.4, -0.2) is 41.9 Å². The Labute approximate surface area is 118 Å². The van der Waals surface area contributed by atoms with E-state index in [1.54, 1.807) is 13.8 Å². The van der Waals surface area contributed by atoms with E-state index in [0.717, 1.165) is 0 Å². The highest BCUT2D eigenvalue weighted by Crippen LogP contribution is 2.62. The van der Waals surface area contributed by atoms with Crippen molar-refractivity contribution in [1.82, 2.24) is 0 Å². The number of nitrogens with two attached hydrogens (primary N) is 1. The number of aliphatic hydroxyl groups is 1. The molecule has 2 aliphatic carbocycles. The fourth-order valence-electron chi connectivity index (χ4n) is 3.12. The van der Waals surface area contributed by atoms with Gasteiger partial charge >= 0.3 is 11.9 Å². The van der Waals surface area contributed by atoms with Crippen LogP contribution >= 0.6 is 12.4 Å². The summed E-state index contributed by atoms with van der Waals surface area (Å²) in [7, 11) is 0. The van der Waals surface area contributed by atoms with E-state index in [1.807, 2.05) is 0 Å². The van der Waals surface area contributed by atoms with Gasteiger partial charge in [0.2, 0.25) is 0 Å². The molecule has 6 nitrogen and oxygen atoms in total. The van der Waals surface area contributed by atoms with Crippen LogP contribution in [0, 0.1) is 17.8 Å². The van der Waals surface area contributed by atoms with Gasteiger partial charge in [-0.05, 0) is 13.8 Å². The lowest BCUT2D eigenvalue weighted by atomic mass is 9.91. The molecular formula is C12H20ClNO5. The predicted octanol–water partition coefficient (Wildman–Crippen LogP) is -0.141. The number of carbonyl (C=O) groups excluding carboxylic acids is 2. The monoisotopic (exact) mass is 293 g/mol. The van der Waals surface area contributed by atoms with Crippen LogP contribution in [0.3, 0.4) is 0 Å².